The number of hydrogen-bond donors (Lipinski definition) is 0. The highest BCUT2D eigenvalue weighted by Gasteiger charge is 2.21. The van der Waals surface area contributed by atoms with Crippen molar-refractivity contribution in [3.8, 4) is 44.5 Å². The lowest BCUT2D eigenvalue weighted by Crippen LogP contribution is -2.09. The lowest BCUT2D eigenvalue weighted by atomic mass is 9.83. The first-order valence-corrected chi connectivity index (χ1v) is 24.6. The number of aryl methyl sites for hydroxylation is 2. The maximum absolute atomic E-state index is 2.42. The Morgan fingerprint density at radius 3 is 0.986 bits per heavy atom. The maximum atomic E-state index is 2.42. The minimum atomic E-state index is 1.11. The minimum Gasteiger partial charge on any atom is -0.310 e. The number of benzene rings is 13. The van der Waals surface area contributed by atoms with E-state index in [1.54, 1.807) is 0 Å². The Morgan fingerprint density at radius 2 is 0.549 bits per heavy atom. The van der Waals surface area contributed by atoms with Gasteiger partial charge in [0.1, 0.15) is 0 Å². The lowest BCUT2D eigenvalue weighted by Gasteiger charge is -2.26. The Morgan fingerprint density at radius 1 is 0.211 bits per heavy atom. The smallest absolute Gasteiger partial charge is 0.0468 e. The molecule has 0 bridgehead atoms. The fourth-order valence-corrected chi connectivity index (χ4v) is 10.7. The van der Waals surface area contributed by atoms with Gasteiger partial charge in [0.05, 0.1) is 0 Å². The first-order chi connectivity index (χ1) is 35.1. The molecule has 13 aromatic carbocycles. The predicted octanol–water partition coefficient (Wildman–Crippen LogP) is 19.9. The fourth-order valence-electron chi connectivity index (χ4n) is 10.7. The highest BCUT2D eigenvalue weighted by atomic mass is 15.1. The van der Waals surface area contributed by atoms with Crippen molar-refractivity contribution < 1.29 is 0 Å². The van der Waals surface area contributed by atoms with Crippen LogP contribution in [-0.4, -0.2) is 0 Å². The second-order valence-electron chi connectivity index (χ2n) is 18.5. The summed E-state index contributed by atoms with van der Waals surface area (Å²) in [5.41, 5.74) is 15.8. The van der Waals surface area contributed by atoms with Crippen molar-refractivity contribution in [2.75, 3.05) is 4.90 Å². The van der Waals surface area contributed by atoms with Crippen LogP contribution in [0.4, 0.5) is 17.1 Å². The Labute approximate surface area is 416 Å². The topological polar surface area (TPSA) is 3.24 Å². The van der Waals surface area contributed by atoms with E-state index in [0.717, 1.165) is 17.1 Å². The van der Waals surface area contributed by atoms with E-state index >= 15 is 0 Å². The molecule has 71 heavy (non-hydrogen) atoms. The molecule has 1 nitrogen and oxygen atoms in total. The molecule has 0 amide bonds. The van der Waals surface area contributed by atoms with Crippen LogP contribution in [0, 0.1) is 13.8 Å². The molecule has 0 spiro atoms. The largest absolute Gasteiger partial charge is 0.310 e. The van der Waals surface area contributed by atoms with Gasteiger partial charge in [-0.1, -0.05) is 242 Å². The molecule has 0 saturated heterocycles. The molecular weight excluding hydrogens is 855 g/mol. The van der Waals surface area contributed by atoms with Crippen molar-refractivity contribution in [1.82, 2.24) is 0 Å². The van der Waals surface area contributed by atoms with Crippen molar-refractivity contribution in [2.24, 2.45) is 0 Å². The van der Waals surface area contributed by atoms with Gasteiger partial charge in [-0.05, 0) is 155 Å². The molecule has 0 N–H and O–H groups in total. The van der Waals surface area contributed by atoms with Crippen molar-refractivity contribution in [3.63, 3.8) is 0 Å². The van der Waals surface area contributed by atoms with Crippen molar-refractivity contribution >= 4 is 70.9 Å². The molecule has 13 aromatic rings. The Kier molecular flexibility index (Phi) is 11.5. The molecule has 0 atom stereocenters. The van der Waals surface area contributed by atoms with Gasteiger partial charge in [-0.3, -0.25) is 0 Å². The summed E-state index contributed by atoms with van der Waals surface area (Å²) in [6, 6.07) is 99.4. The van der Waals surface area contributed by atoms with Crippen LogP contribution < -0.4 is 4.90 Å². The summed E-state index contributed by atoms with van der Waals surface area (Å²) in [6.07, 6.45) is 0. The first-order valence-electron chi connectivity index (χ1n) is 24.6. The molecule has 0 aliphatic heterocycles. The molecular formula is C70H51N. The van der Waals surface area contributed by atoms with Gasteiger partial charge in [-0.25, -0.2) is 0 Å². The quantitative estimate of drug-likeness (QED) is 0.144. The van der Waals surface area contributed by atoms with Gasteiger partial charge in [0.25, 0.3) is 0 Å². The number of hydrogen-bond acceptors (Lipinski definition) is 1. The molecule has 0 heterocycles. The van der Waals surface area contributed by atoms with Crippen LogP contribution >= 0.6 is 0 Å². The van der Waals surface area contributed by atoms with Crippen molar-refractivity contribution in [2.45, 2.75) is 13.8 Å². The van der Waals surface area contributed by atoms with Crippen LogP contribution in [-0.2, 0) is 0 Å². The van der Waals surface area contributed by atoms with Crippen LogP contribution in [0.5, 0.6) is 0 Å². The first kappa shape index (κ1) is 43.3. The number of rotatable bonds is 7. The van der Waals surface area contributed by atoms with E-state index in [1.807, 2.05) is 18.2 Å². The van der Waals surface area contributed by atoms with E-state index in [2.05, 4.69) is 274 Å². The number of nitrogens with zero attached hydrogens (tertiary/aromatic N) is 1. The number of para-hydroxylation sites is 1. The number of anilines is 3. The third-order valence-electron chi connectivity index (χ3n) is 14.0. The lowest BCUT2D eigenvalue weighted by molar-refractivity contribution is 1.29. The molecule has 0 radical (unpaired) electrons. The van der Waals surface area contributed by atoms with Crippen LogP contribution in [0.25, 0.3) is 98.4 Å². The zero-order chi connectivity index (χ0) is 47.7. The second kappa shape index (κ2) is 18.8. The molecule has 0 aromatic heterocycles. The second-order valence-corrected chi connectivity index (χ2v) is 18.5. The van der Waals surface area contributed by atoms with Crippen LogP contribution in [0.1, 0.15) is 11.1 Å². The van der Waals surface area contributed by atoms with Crippen molar-refractivity contribution in [1.29, 1.82) is 0 Å². The molecule has 0 unspecified atom stereocenters. The Hall–Kier alpha value is -9.04. The van der Waals surface area contributed by atoms with Gasteiger partial charge in [0.2, 0.25) is 0 Å². The molecule has 0 saturated carbocycles. The van der Waals surface area contributed by atoms with Gasteiger partial charge in [-0.2, -0.15) is 0 Å². The van der Waals surface area contributed by atoms with Gasteiger partial charge in [0.15, 0.2) is 0 Å². The summed E-state index contributed by atoms with van der Waals surface area (Å²) < 4.78 is 0. The van der Waals surface area contributed by atoms with E-state index < -0.39 is 0 Å². The van der Waals surface area contributed by atoms with E-state index in [-0.39, 0.29) is 0 Å². The summed E-state index contributed by atoms with van der Waals surface area (Å²) in [5, 5.41) is 12.5. The zero-order valence-corrected chi connectivity index (χ0v) is 39.9. The van der Waals surface area contributed by atoms with E-state index in [0.29, 0.717) is 0 Å². The van der Waals surface area contributed by atoms with Gasteiger partial charge in [0, 0.05) is 17.1 Å². The minimum absolute atomic E-state index is 1.11. The average molecular weight is 906 g/mol. The molecule has 0 fully saturated rings. The SMILES string of the molecule is Cc1ccc(-c2c3ccccc3c(-c3cccc(-c4c5ccccc5c(-c5ccc(N(c6ccccc6)c6ccc7ccccc7c6)cc5)c5ccccc45)c3)c3ccccc23)cc1.Cc1ccccc1. The summed E-state index contributed by atoms with van der Waals surface area (Å²) in [6.45, 7) is 4.24. The maximum Gasteiger partial charge on any atom is 0.0468 e. The fraction of sp³-hybridized carbons (Fsp3) is 0.0286. The molecule has 13 rings (SSSR count). The standard InChI is InChI=1S/C63H43N.C7H8/c1-42-30-32-44(33-31-42)60-52-22-7-11-26-56(52)62(57-27-12-8-23-53(57)60)47-18-15-19-48(40-47)63-58-28-13-9-24-54(58)61(55-25-10-14-29-59(55)63)45-35-37-50(38-36-45)64(49-20-3-2-4-21-49)51-39-34-43-16-5-6-17-46(43)41-51;1-7-5-3-2-4-6-7/h2-41H,1H3;2-6H,1H3. The average Bonchev–Trinajstić information content (AvgIpc) is 3.43. The third-order valence-corrected chi connectivity index (χ3v) is 14.0. The van der Waals surface area contributed by atoms with Crippen molar-refractivity contribution in [3.05, 3.63) is 284 Å². The Bertz CT molecular complexity index is 3930. The predicted molar refractivity (Wildman–Crippen MR) is 306 cm³/mol. The summed E-state index contributed by atoms with van der Waals surface area (Å²) in [4.78, 5) is 2.35. The summed E-state index contributed by atoms with van der Waals surface area (Å²) >= 11 is 0. The van der Waals surface area contributed by atoms with E-state index in [1.165, 1.54) is 109 Å². The van der Waals surface area contributed by atoms with Crippen LogP contribution in [0.15, 0.2) is 273 Å². The molecule has 0 aliphatic rings. The third kappa shape index (κ3) is 8.18. The molecule has 1 heteroatoms. The monoisotopic (exact) mass is 905 g/mol. The van der Waals surface area contributed by atoms with Crippen LogP contribution in [0.3, 0.4) is 0 Å². The highest BCUT2D eigenvalue weighted by Crippen LogP contribution is 2.48. The number of fused-ring (bicyclic) bond motifs is 5. The van der Waals surface area contributed by atoms with E-state index in [4.69, 9.17) is 0 Å². The van der Waals surface area contributed by atoms with E-state index in [9.17, 15) is 0 Å². The zero-order valence-electron chi connectivity index (χ0n) is 39.9. The van der Waals surface area contributed by atoms with Gasteiger partial charge < -0.3 is 4.90 Å². The Balaban J connectivity index is 0.000000683. The normalized spacial score (nSPS) is 11.2. The van der Waals surface area contributed by atoms with Gasteiger partial charge >= 0.3 is 0 Å². The summed E-state index contributed by atoms with van der Waals surface area (Å²) in [5.74, 6) is 0. The molecule has 0 aliphatic carbocycles. The van der Waals surface area contributed by atoms with Crippen LogP contribution in [0.2, 0.25) is 0 Å². The highest BCUT2D eigenvalue weighted by molar-refractivity contribution is 6.23. The van der Waals surface area contributed by atoms with Gasteiger partial charge in [-0.15, -0.1) is 0 Å². The summed E-state index contributed by atoms with van der Waals surface area (Å²) in [7, 11) is 0. The molecule has 336 valence electrons.